The van der Waals surface area contributed by atoms with Crippen molar-refractivity contribution in [3.05, 3.63) is 0 Å². The molecule has 82 valence electrons. The number of carboxylic acids is 1. The van der Waals surface area contributed by atoms with Gasteiger partial charge >= 0.3 is 35.5 Å². The number of aliphatic carboxylic acids is 1. The molecule has 0 radical (unpaired) electrons. The minimum absolute atomic E-state index is 0. The average Bonchev–Trinajstić information content (AvgIpc) is 2.16. The van der Waals surface area contributed by atoms with Crippen LogP contribution in [-0.2, 0) is 14.3 Å². The summed E-state index contributed by atoms with van der Waals surface area (Å²) in [5.41, 5.74) is 0. The molecule has 0 saturated carbocycles. The molecule has 0 saturated heterocycles. The molecule has 0 aliphatic heterocycles. The van der Waals surface area contributed by atoms with E-state index in [4.69, 9.17) is 0 Å². The number of hydrogen-bond acceptors (Lipinski definition) is 4. The minimum Gasteiger partial charge on any atom is -0.550 e. The molecular formula is C10H17NaO4. The summed E-state index contributed by atoms with van der Waals surface area (Å²) in [6.07, 6.45) is 1.53. The second kappa shape index (κ2) is 9.19. The first kappa shape index (κ1) is 17.3. The Bertz CT molecular complexity index is 206. The summed E-state index contributed by atoms with van der Waals surface area (Å²) in [5.74, 6) is -2.03. The van der Waals surface area contributed by atoms with Crippen LogP contribution >= 0.6 is 0 Å². The number of methoxy groups -OCH3 is 1. The normalized spacial score (nSPS) is 13.5. The molecule has 2 atom stereocenters. The fourth-order valence-corrected chi connectivity index (χ4v) is 1.26. The first-order valence-corrected chi connectivity index (χ1v) is 4.81. The van der Waals surface area contributed by atoms with Gasteiger partial charge in [-0.05, 0) is 25.2 Å². The molecule has 5 heteroatoms. The third kappa shape index (κ3) is 6.93. The Hall–Kier alpha value is -0.0600. The first-order valence-electron chi connectivity index (χ1n) is 4.81. The topological polar surface area (TPSA) is 66.4 Å². The van der Waals surface area contributed by atoms with E-state index in [-0.39, 0.29) is 41.4 Å². The van der Waals surface area contributed by atoms with Crippen molar-refractivity contribution in [2.75, 3.05) is 7.11 Å². The predicted molar refractivity (Wildman–Crippen MR) is 49.2 cm³/mol. The third-order valence-corrected chi connectivity index (χ3v) is 2.38. The van der Waals surface area contributed by atoms with E-state index in [1.54, 1.807) is 13.8 Å². The van der Waals surface area contributed by atoms with Crippen LogP contribution in [0.1, 0.15) is 33.1 Å². The minimum atomic E-state index is -1.04. The van der Waals surface area contributed by atoms with Gasteiger partial charge in [0.05, 0.1) is 13.0 Å². The van der Waals surface area contributed by atoms with E-state index in [0.717, 1.165) is 0 Å². The zero-order valence-corrected chi connectivity index (χ0v) is 11.9. The molecule has 0 aromatic carbocycles. The van der Waals surface area contributed by atoms with E-state index in [2.05, 4.69) is 4.74 Å². The summed E-state index contributed by atoms with van der Waals surface area (Å²) < 4.78 is 4.54. The van der Waals surface area contributed by atoms with Crippen molar-refractivity contribution in [1.82, 2.24) is 0 Å². The molecule has 0 aromatic heterocycles. The number of rotatable bonds is 6. The van der Waals surface area contributed by atoms with E-state index in [9.17, 15) is 14.7 Å². The number of carbonyl (C=O) groups is 2. The maximum absolute atomic E-state index is 11.0. The molecular weight excluding hydrogens is 207 g/mol. The summed E-state index contributed by atoms with van der Waals surface area (Å²) in [7, 11) is 1.33. The van der Waals surface area contributed by atoms with Gasteiger partial charge in [0.15, 0.2) is 0 Å². The second-order valence-electron chi connectivity index (χ2n) is 3.43. The summed E-state index contributed by atoms with van der Waals surface area (Å²) in [6.45, 7) is 3.52. The number of carbonyl (C=O) groups excluding carboxylic acids is 2. The van der Waals surface area contributed by atoms with Gasteiger partial charge < -0.3 is 14.6 Å². The molecule has 0 rings (SSSR count). The predicted octanol–water partition coefficient (Wildman–Crippen LogP) is -2.64. The zero-order valence-electron chi connectivity index (χ0n) is 9.91. The number of esters is 1. The second-order valence-corrected chi connectivity index (χ2v) is 3.43. The Morgan fingerprint density at radius 2 is 1.87 bits per heavy atom. The van der Waals surface area contributed by atoms with E-state index < -0.39 is 11.9 Å². The van der Waals surface area contributed by atoms with Gasteiger partial charge in [0.2, 0.25) is 0 Å². The van der Waals surface area contributed by atoms with Gasteiger partial charge in [0.25, 0.3) is 0 Å². The van der Waals surface area contributed by atoms with Crippen LogP contribution in [0.15, 0.2) is 0 Å². The Labute approximate surface area is 113 Å². The molecule has 2 unspecified atom stereocenters. The van der Waals surface area contributed by atoms with Crippen molar-refractivity contribution in [2.24, 2.45) is 11.8 Å². The third-order valence-electron chi connectivity index (χ3n) is 2.38. The van der Waals surface area contributed by atoms with Crippen molar-refractivity contribution in [1.29, 1.82) is 0 Å². The smallest absolute Gasteiger partial charge is 0.550 e. The number of hydrogen-bond donors (Lipinski definition) is 0. The van der Waals surface area contributed by atoms with Crippen LogP contribution in [0, 0.1) is 11.8 Å². The molecule has 0 aromatic rings. The zero-order chi connectivity index (χ0) is 11.1. The molecule has 0 aliphatic carbocycles. The van der Waals surface area contributed by atoms with Crippen LogP contribution in [0.25, 0.3) is 0 Å². The summed E-state index contributed by atoms with van der Waals surface area (Å²) >= 11 is 0. The van der Waals surface area contributed by atoms with Crippen LogP contribution in [0.4, 0.5) is 0 Å². The first-order chi connectivity index (χ1) is 6.52. The molecule has 0 fully saturated rings. The fourth-order valence-electron chi connectivity index (χ4n) is 1.26. The van der Waals surface area contributed by atoms with Crippen LogP contribution < -0.4 is 34.7 Å². The largest absolute Gasteiger partial charge is 1.00 e. The van der Waals surface area contributed by atoms with Gasteiger partial charge in [-0.1, -0.05) is 13.8 Å². The van der Waals surface area contributed by atoms with Crippen molar-refractivity contribution in [2.45, 2.75) is 33.1 Å². The average molecular weight is 224 g/mol. The van der Waals surface area contributed by atoms with Gasteiger partial charge in [-0.15, -0.1) is 0 Å². The molecule has 4 nitrogen and oxygen atoms in total. The monoisotopic (exact) mass is 224 g/mol. The Morgan fingerprint density at radius 3 is 2.20 bits per heavy atom. The Kier molecular flexibility index (Phi) is 10.6. The van der Waals surface area contributed by atoms with E-state index in [1.807, 2.05) is 0 Å². The van der Waals surface area contributed by atoms with Crippen LogP contribution in [0.2, 0.25) is 0 Å². The molecule has 0 heterocycles. The van der Waals surface area contributed by atoms with Crippen LogP contribution in [0.3, 0.4) is 0 Å². The molecule has 0 amide bonds. The maximum Gasteiger partial charge on any atom is 1.00 e. The molecule has 15 heavy (non-hydrogen) atoms. The SMILES string of the molecule is CCC(CCC(C)C(=O)OC)C(=O)[O-].[Na+]. The Morgan fingerprint density at radius 1 is 1.33 bits per heavy atom. The summed E-state index contributed by atoms with van der Waals surface area (Å²) in [4.78, 5) is 21.6. The van der Waals surface area contributed by atoms with Crippen LogP contribution in [-0.4, -0.2) is 19.0 Å². The molecule has 0 aliphatic rings. The van der Waals surface area contributed by atoms with E-state index in [0.29, 0.717) is 19.3 Å². The van der Waals surface area contributed by atoms with Gasteiger partial charge in [-0.2, -0.15) is 0 Å². The van der Waals surface area contributed by atoms with Gasteiger partial charge in [-0.3, -0.25) is 4.79 Å². The number of ether oxygens (including phenoxy) is 1. The molecule has 0 spiro atoms. The van der Waals surface area contributed by atoms with Gasteiger partial charge in [0, 0.05) is 5.97 Å². The molecule has 0 N–H and O–H groups in total. The van der Waals surface area contributed by atoms with Crippen LogP contribution in [0.5, 0.6) is 0 Å². The van der Waals surface area contributed by atoms with Crippen molar-refractivity contribution in [3.63, 3.8) is 0 Å². The maximum atomic E-state index is 11.0. The fraction of sp³-hybridized carbons (Fsp3) is 0.800. The van der Waals surface area contributed by atoms with E-state index in [1.165, 1.54) is 7.11 Å². The van der Waals surface area contributed by atoms with Crippen molar-refractivity contribution >= 4 is 11.9 Å². The standard InChI is InChI=1S/C10H18O4.Na/c1-4-8(9(11)12)6-5-7(2)10(13)14-3;/h7-8H,4-6H2,1-3H3,(H,11,12);/q;+1/p-1. The summed E-state index contributed by atoms with van der Waals surface area (Å²) in [5, 5.41) is 10.6. The van der Waals surface area contributed by atoms with E-state index >= 15 is 0 Å². The van der Waals surface area contributed by atoms with Crippen molar-refractivity contribution in [3.8, 4) is 0 Å². The summed E-state index contributed by atoms with van der Waals surface area (Å²) in [6, 6.07) is 0. The quantitative estimate of drug-likeness (QED) is 0.365. The number of carboxylic acid groups (broad SMARTS) is 1. The van der Waals surface area contributed by atoms with Gasteiger partial charge in [0.1, 0.15) is 0 Å². The molecule has 0 bridgehead atoms. The van der Waals surface area contributed by atoms with Gasteiger partial charge in [-0.25, -0.2) is 0 Å². The Balaban J connectivity index is 0. The van der Waals surface area contributed by atoms with Crippen molar-refractivity contribution < 1.29 is 49.0 Å².